The third-order valence-electron chi connectivity index (χ3n) is 1.46. The second-order valence-corrected chi connectivity index (χ2v) is 5.07. The first kappa shape index (κ1) is 11.7. The number of nitrogens with zero attached hydrogens (tertiary/aromatic N) is 2. The van der Waals surface area contributed by atoms with E-state index in [1.165, 1.54) is 14.0 Å². The Hall–Kier alpha value is -0.310. The molecule has 1 atom stereocenters. The van der Waals surface area contributed by atoms with E-state index in [-0.39, 0.29) is 12.4 Å². The SMILES string of the molecule is CC(C#N)S(=O)(=O)N(C)CCCl. The van der Waals surface area contributed by atoms with Crippen molar-refractivity contribution in [3.05, 3.63) is 0 Å². The monoisotopic (exact) mass is 210 g/mol. The molecule has 4 nitrogen and oxygen atoms in total. The fraction of sp³-hybridized carbons (Fsp3) is 0.833. The molecule has 0 aromatic heterocycles. The molecule has 0 radical (unpaired) electrons. The van der Waals surface area contributed by atoms with E-state index in [1.807, 2.05) is 0 Å². The molecule has 0 aliphatic heterocycles. The van der Waals surface area contributed by atoms with Gasteiger partial charge in [-0.05, 0) is 6.92 Å². The van der Waals surface area contributed by atoms with E-state index >= 15 is 0 Å². The normalized spacial score (nSPS) is 14.2. The first-order chi connectivity index (χ1) is 5.46. The summed E-state index contributed by atoms with van der Waals surface area (Å²) in [5.74, 6) is 0.230. The topological polar surface area (TPSA) is 61.2 Å². The van der Waals surface area contributed by atoms with Crippen LogP contribution in [-0.4, -0.2) is 37.4 Å². The van der Waals surface area contributed by atoms with Crippen molar-refractivity contribution in [2.45, 2.75) is 12.2 Å². The quantitative estimate of drug-likeness (QED) is 0.631. The molecule has 0 saturated heterocycles. The van der Waals surface area contributed by atoms with Crippen LogP contribution in [0.15, 0.2) is 0 Å². The number of hydrogen-bond acceptors (Lipinski definition) is 3. The van der Waals surface area contributed by atoms with Gasteiger partial charge in [0.1, 0.15) is 0 Å². The van der Waals surface area contributed by atoms with Crippen LogP contribution in [0.25, 0.3) is 0 Å². The summed E-state index contributed by atoms with van der Waals surface area (Å²) in [7, 11) is -2.06. The number of hydrogen-bond donors (Lipinski definition) is 0. The molecule has 12 heavy (non-hydrogen) atoms. The average Bonchev–Trinajstić information content (AvgIpc) is 2.03. The highest BCUT2D eigenvalue weighted by molar-refractivity contribution is 7.89. The van der Waals surface area contributed by atoms with E-state index in [4.69, 9.17) is 16.9 Å². The van der Waals surface area contributed by atoms with Gasteiger partial charge in [0.2, 0.25) is 10.0 Å². The average molecular weight is 211 g/mol. The Kier molecular flexibility index (Phi) is 4.53. The standard InChI is InChI=1S/C6H11ClN2O2S/c1-6(5-8)12(10,11)9(2)4-3-7/h6H,3-4H2,1-2H3. The van der Waals surface area contributed by atoms with Crippen LogP contribution in [0.4, 0.5) is 0 Å². The van der Waals surface area contributed by atoms with Gasteiger partial charge in [-0.1, -0.05) is 0 Å². The molecule has 70 valence electrons. The Labute approximate surface area is 77.8 Å². The Balaban J connectivity index is 4.53. The van der Waals surface area contributed by atoms with Gasteiger partial charge in [-0.3, -0.25) is 0 Å². The molecule has 0 aromatic rings. The minimum Gasteiger partial charge on any atom is -0.211 e. The first-order valence-electron chi connectivity index (χ1n) is 3.37. The minimum absolute atomic E-state index is 0.230. The maximum absolute atomic E-state index is 11.3. The van der Waals surface area contributed by atoms with Gasteiger partial charge in [0.25, 0.3) is 0 Å². The number of halogens is 1. The van der Waals surface area contributed by atoms with Crippen LogP contribution in [0.2, 0.25) is 0 Å². The van der Waals surface area contributed by atoms with Gasteiger partial charge in [-0.25, -0.2) is 12.7 Å². The highest BCUT2D eigenvalue weighted by atomic mass is 35.5. The molecule has 0 bridgehead atoms. The summed E-state index contributed by atoms with van der Waals surface area (Å²) in [6.45, 7) is 1.58. The highest BCUT2D eigenvalue weighted by Gasteiger charge is 2.24. The molecule has 0 N–H and O–H groups in total. The van der Waals surface area contributed by atoms with E-state index in [1.54, 1.807) is 6.07 Å². The smallest absolute Gasteiger partial charge is 0.211 e. The van der Waals surface area contributed by atoms with Crippen molar-refractivity contribution in [1.82, 2.24) is 4.31 Å². The van der Waals surface area contributed by atoms with Gasteiger partial charge in [-0.15, -0.1) is 11.6 Å². The number of rotatable bonds is 4. The fourth-order valence-electron chi connectivity index (χ4n) is 0.583. The van der Waals surface area contributed by atoms with Gasteiger partial charge in [0, 0.05) is 19.5 Å². The predicted molar refractivity (Wildman–Crippen MR) is 47.3 cm³/mol. The summed E-state index contributed by atoms with van der Waals surface area (Å²) >= 11 is 5.36. The maximum Gasteiger partial charge on any atom is 0.229 e. The Morgan fingerprint density at radius 2 is 2.17 bits per heavy atom. The van der Waals surface area contributed by atoms with Gasteiger partial charge in [0.15, 0.2) is 5.25 Å². The summed E-state index contributed by atoms with van der Waals surface area (Å²) in [5, 5.41) is 7.39. The Morgan fingerprint density at radius 3 is 2.50 bits per heavy atom. The van der Waals surface area contributed by atoms with E-state index in [9.17, 15) is 8.42 Å². The third kappa shape index (κ3) is 2.63. The van der Waals surface area contributed by atoms with Crippen molar-refractivity contribution in [3.8, 4) is 6.07 Å². The summed E-state index contributed by atoms with van der Waals surface area (Å²) < 4.78 is 23.7. The molecule has 0 fully saturated rings. The van der Waals surface area contributed by atoms with Crippen LogP contribution in [0, 0.1) is 11.3 Å². The molecule has 0 aliphatic carbocycles. The lowest BCUT2D eigenvalue weighted by Crippen LogP contribution is -2.35. The molecule has 0 spiro atoms. The molecule has 0 rings (SSSR count). The van der Waals surface area contributed by atoms with Gasteiger partial charge >= 0.3 is 0 Å². The lowest BCUT2D eigenvalue weighted by molar-refractivity contribution is 0.484. The molecule has 0 aromatic carbocycles. The second kappa shape index (κ2) is 4.65. The number of sulfonamides is 1. The van der Waals surface area contributed by atoms with Crippen molar-refractivity contribution in [2.75, 3.05) is 19.5 Å². The fourth-order valence-corrected chi connectivity index (χ4v) is 1.96. The molecule has 0 amide bonds. The number of nitriles is 1. The van der Waals surface area contributed by atoms with Crippen molar-refractivity contribution in [3.63, 3.8) is 0 Å². The van der Waals surface area contributed by atoms with Crippen molar-refractivity contribution < 1.29 is 8.42 Å². The molecule has 6 heteroatoms. The first-order valence-corrected chi connectivity index (χ1v) is 5.41. The number of alkyl halides is 1. The van der Waals surface area contributed by atoms with Crippen LogP contribution in [-0.2, 0) is 10.0 Å². The lowest BCUT2D eigenvalue weighted by Gasteiger charge is -2.16. The summed E-state index contributed by atoms with van der Waals surface area (Å²) in [4.78, 5) is 0. The van der Waals surface area contributed by atoms with Crippen LogP contribution in [0.3, 0.4) is 0 Å². The van der Waals surface area contributed by atoms with Crippen LogP contribution in [0.1, 0.15) is 6.92 Å². The highest BCUT2D eigenvalue weighted by Crippen LogP contribution is 2.05. The summed E-state index contributed by atoms with van der Waals surface area (Å²) in [6.07, 6.45) is 0. The van der Waals surface area contributed by atoms with E-state index in [0.29, 0.717) is 0 Å². The molecule has 0 saturated carbocycles. The summed E-state index contributed by atoms with van der Waals surface area (Å²) in [6, 6.07) is 1.67. The Bertz CT molecular complexity index is 270. The summed E-state index contributed by atoms with van der Waals surface area (Å²) in [5.41, 5.74) is 0. The van der Waals surface area contributed by atoms with Crippen molar-refractivity contribution in [1.29, 1.82) is 5.26 Å². The maximum atomic E-state index is 11.3. The van der Waals surface area contributed by atoms with Gasteiger partial charge < -0.3 is 0 Å². The van der Waals surface area contributed by atoms with Crippen LogP contribution >= 0.6 is 11.6 Å². The second-order valence-electron chi connectivity index (χ2n) is 2.33. The van der Waals surface area contributed by atoms with Crippen molar-refractivity contribution >= 4 is 21.6 Å². The van der Waals surface area contributed by atoms with Gasteiger partial charge in [-0.2, -0.15) is 5.26 Å². The third-order valence-corrected chi connectivity index (χ3v) is 3.68. The van der Waals surface area contributed by atoms with E-state index in [0.717, 1.165) is 4.31 Å². The zero-order valence-electron chi connectivity index (χ0n) is 6.99. The van der Waals surface area contributed by atoms with Gasteiger partial charge in [0.05, 0.1) is 6.07 Å². The lowest BCUT2D eigenvalue weighted by atomic mass is 10.5. The zero-order chi connectivity index (χ0) is 9.78. The minimum atomic E-state index is -3.46. The van der Waals surface area contributed by atoms with Crippen molar-refractivity contribution in [2.24, 2.45) is 0 Å². The predicted octanol–water partition coefficient (Wildman–Crippen LogP) is 0.399. The van der Waals surface area contributed by atoms with E-state index < -0.39 is 15.3 Å². The Morgan fingerprint density at radius 1 is 1.67 bits per heavy atom. The molecule has 0 heterocycles. The zero-order valence-corrected chi connectivity index (χ0v) is 8.56. The van der Waals surface area contributed by atoms with Crippen LogP contribution in [0.5, 0.6) is 0 Å². The largest absolute Gasteiger partial charge is 0.229 e. The molecular formula is C6H11ClN2O2S. The molecule has 1 unspecified atom stereocenters. The van der Waals surface area contributed by atoms with Crippen LogP contribution < -0.4 is 0 Å². The molecule has 0 aliphatic rings. The molecular weight excluding hydrogens is 200 g/mol. The van der Waals surface area contributed by atoms with E-state index in [2.05, 4.69) is 0 Å².